The monoisotopic (exact) mass is 332 g/mol. The number of aryl methyl sites for hydroxylation is 1. The van der Waals surface area contributed by atoms with Gasteiger partial charge in [0.05, 0.1) is 14.2 Å². The molecule has 0 aliphatic rings. The van der Waals surface area contributed by atoms with Gasteiger partial charge in [0.2, 0.25) is 0 Å². The fourth-order valence-electron chi connectivity index (χ4n) is 2.21. The molecule has 3 rings (SSSR count). The van der Waals surface area contributed by atoms with Gasteiger partial charge in [-0.1, -0.05) is 0 Å². The minimum Gasteiger partial charge on any atom is -0.493 e. The van der Waals surface area contributed by atoms with E-state index in [1.54, 1.807) is 43.6 Å². The van der Waals surface area contributed by atoms with Crippen molar-refractivity contribution in [3.8, 4) is 11.5 Å². The molecule has 0 amide bonds. The molecule has 0 saturated heterocycles. The van der Waals surface area contributed by atoms with E-state index < -0.39 is 0 Å². The van der Waals surface area contributed by atoms with E-state index in [-0.39, 0.29) is 0 Å². The lowest BCUT2D eigenvalue weighted by molar-refractivity contribution is 0.354. The van der Waals surface area contributed by atoms with Crippen molar-refractivity contribution in [1.29, 1.82) is 0 Å². The zero-order chi connectivity index (χ0) is 15.5. The molecular formula is C16H16N2O2S2. The number of fused-ring (bicyclic) bond motifs is 1. The minimum atomic E-state index is 0.757. The van der Waals surface area contributed by atoms with Gasteiger partial charge in [-0.25, -0.2) is 9.97 Å². The van der Waals surface area contributed by atoms with E-state index in [1.807, 2.05) is 17.5 Å². The molecule has 114 valence electrons. The molecule has 1 aromatic carbocycles. The Morgan fingerprint density at radius 1 is 1.14 bits per heavy atom. The van der Waals surface area contributed by atoms with Gasteiger partial charge in [-0.15, -0.1) is 23.1 Å². The summed E-state index contributed by atoms with van der Waals surface area (Å²) in [5, 5.41) is 4.18. The van der Waals surface area contributed by atoms with Crippen LogP contribution < -0.4 is 9.47 Å². The maximum atomic E-state index is 5.38. The Kier molecular flexibility index (Phi) is 4.49. The van der Waals surface area contributed by atoms with Crippen LogP contribution >= 0.6 is 23.1 Å². The van der Waals surface area contributed by atoms with Crippen LogP contribution in [0.5, 0.6) is 11.5 Å². The summed E-state index contributed by atoms with van der Waals surface area (Å²) in [5.41, 5.74) is 2.39. The molecule has 4 nitrogen and oxygen atoms in total. The van der Waals surface area contributed by atoms with Gasteiger partial charge in [0.15, 0.2) is 11.5 Å². The number of hydrogen-bond acceptors (Lipinski definition) is 6. The lowest BCUT2D eigenvalue weighted by Crippen LogP contribution is -1.95. The third-order valence-corrected chi connectivity index (χ3v) is 5.31. The predicted octanol–water partition coefficient (Wildman–Crippen LogP) is 4.31. The molecule has 2 heterocycles. The van der Waals surface area contributed by atoms with Crippen LogP contribution in [-0.2, 0) is 5.75 Å². The smallest absolute Gasteiger partial charge is 0.161 e. The van der Waals surface area contributed by atoms with Crippen molar-refractivity contribution in [2.24, 2.45) is 0 Å². The Labute approximate surface area is 137 Å². The molecule has 0 aliphatic heterocycles. The molecule has 6 heteroatoms. The molecule has 0 spiro atoms. The molecule has 0 aliphatic carbocycles. The summed E-state index contributed by atoms with van der Waals surface area (Å²) in [6, 6.07) is 6.12. The highest BCUT2D eigenvalue weighted by Crippen LogP contribution is 2.34. The molecule has 0 atom stereocenters. The van der Waals surface area contributed by atoms with E-state index in [2.05, 4.69) is 23.0 Å². The minimum absolute atomic E-state index is 0.757. The second-order valence-corrected chi connectivity index (χ2v) is 6.60. The van der Waals surface area contributed by atoms with Gasteiger partial charge in [-0.3, -0.25) is 0 Å². The lowest BCUT2D eigenvalue weighted by atomic mass is 10.1. The second kappa shape index (κ2) is 6.54. The van der Waals surface area contributed by atoms with Gasteiger partial charge in [-0.2, -0.15) is 0 Å². The first-order chi connectivity index (χ1) is 10.7. The third kappa shape index (κ3) is 2.89. The number of hydrogen-bond donors (Lipinski definition) is 0. The summed E-state index contributed by atoms with van der Waals surface area (Å²) < 4.78 is 10.7. The summed E-state index contributed by atoms with van der Waals surface area (Å²) in [5.74, 6) is 2.34. The standard InChI is InChI=1S/C16H16N2O2S2/c1-10-6-13(19-2)14(20-3)7-11(10)8-22-16-12-4-5-21-15(12)17-9-18-16/h4-7,9H,8H2,1-3H3. The van der Waals surface area contributed by atoms with Gasteiger partial charge >= 0.3 is 0 Å². The van der Waals surface area contributed by atoms with Crippen LogP contribution in [0.1, 0.15) is 11.1 Å². The Morgan fingerprint density at radius 2 is 1.91 bits per heavy atom. The number of nitrogens with zero attached hydrogens (tertiary/aromatic N) is 2. The molecule has 0 fully saturated rings. The first kappa shape index (κ1) is 15.1. The van der Waals surface area contributed by atoms with Crippen molar-refractivity contribution in [2.75, 3.05) is 14.2 Å². The average Bonchev–Trinajstić information content (AvgIpc) is 3.02. The molecule has 0 unspecified atom stereocenters. The van der Waals surface area contributed by atoms with Crippen LogP contribution in [-0.4, -0.2) is 24.2 Å². The van der Waals surface area contributed by atoms with Crippen molar-refractivity contribution in [3.63, 3.8) is 0 Å². The van der Waals surface area contributed by atoms with E-state index in [9.17, 15) is 0 Å². The highest BCUT2D eigenvalue weighted by Gasteiger charge is 2.11. The van der Waals surface area contributed by atoms with Crippen LogP contribution in [0, 0.1) is 6.92 Å². The molecule has 0 radical (unpaired) electrons. The zero-order valence-electron chi connectivity index (χ0n) is 12.6. The fraction of sp³-hybridized carbons (Fsp3) is 0.250. The van der Waals surface area contributed by atoms with Gasteiger partial charge in [0.25, 0.3) is 0 Å². The molecule has 3 aromatic rings. The summed E-state index contributed by atoms with van der Waals surface area (Å²) in [6.45, 7) is 2.08. The van der Waals surface area contributed by atoms with Crippen LogP contribution in [0.2, 0.25) is 0 Å². The number of methoxy groups -OCH3 is 2. The number of benzene rings is 1. The number of thioether (sulfide) groups is 1. The van der Waals surface area contributed by atoms with Gasteiger partial charge in [-0.05, 0) is 41.6 Å². The number of thiophene rings is 1. The van der Waals surface area contributed by atoms with Gasteiger partial charge in [0.1, 0.15) is 16.2 Å². The SMILES string of the molecule is COc1cc(C)c(CSc2ncnc3sccc23)cc1OC. The molecule has 0 bridgehead atoms. The largest absolute Gasteiger partial charge is 0.493 e. The number of aromatic nitrogens is 2. The first-order valence-electron chi connectivity index (χ1n) is 6.75. The van der Waals surface area contributed by atoms with Crippen molar-refractivity contribution >= 4 is 33.3 Å². The number of ether oxygens (including phenoxy) is 2. The Balaban J connectivity index is 1.86. The van der Waals surface area contributed by atoms with E-state index in [4.69, 9.17) is 9.47 Å². The van der Waals surface area contributed by atoms with Crippen LogP contribution in [0.3, 0.4) is 0 Å². The topological polar surface area (TPSA) is 44.2 Å². The van der Waals surface area contributed by atoms with Crippen LogP contribution in [0.4, 0.5) is 0 Å². The fourth-order valence-corrected chi connectivity index (χ4v) is 4.05. The normalized spacial score (nSPS) is 10.9. The summed E-state index contributed by atoms with van der Waals surface area (Å²) in [7, 11) is 3.31. The summed E-state index contributed by atoms with van der Waals surface area (Å²) in [6.07, 6.45) is 1.63. The highest BCUT2D eigenvalue weighted by molar-refractivity contribution is 7.98. The second-order valence-electron chi connectivity index (χ2n) is 4.74. The molecule has 0 N–H and O–H groups in total. The maximum Gasteiger partial charge on any atom is 0.161 e. The summed E-state index contributed by atoms with van der Waals surface area (Å²) in [4.78, 5) is 9.71. The van der Waals surface area contributed by atoms with E-state index in [1.165, 1.54) is 11.1 Å². The highest BCUT2D eigenvalue weighted by atomic mass is 32.2. The average molecular weight is 332 g/mol. The van der Waals surface area contributed by atoms with E-state index in [0.717, 1.165) is 32.5 Å². The van der Waals surface area contributed by atoms with Crippen molar-refractivity contribution in [3.05, 3.63) is 41.0 Å². The third-order valence-electron chi connectivity index (χ3n) is 3.43. The van der Waals surface area contributed by atoms with E-state index in [0.29, 0.717) is 0 Å². The van der Waals surface area contributed by atoms with Crippen LogP contribution in [0.25, 0.3) is 10.2 Å². The lowest BCUT2D eigenvalue weighted by Gasteiger charge is -2.12. The van der Waals surface area contributed by atoms with Gasteiger partial charge < -0.3 is 9.47 Å². The van der Waals surface area contributed by atoms with Gasteiger partial charge in [0, 0.05) is 11.1 Å². The van der Waals surface area contributed by atoms with Crippen LogP contribution in [0.15, 0.2) is 34.9 Å². The molecule has 2 aromatic heterocycles. The Bertz CT molecular complexity index is 802. The van der Waals surface area contributed by atoms with Crippen molar-refractivity contribution in [1.82, 2.24) is 9.97 Å². The zero-order valence-corrected chi connectivity index (χ0v) is 14.3. The number of rotatable bonds is 5. The maximum absolute atomic E-state index is 5.38. The Morgan fingerprint density at radius 3 is 2.68 bits per heavy atom. The molecule has 0 saturated carbocycles. The molecule has 22 heavy (non-hydrogen) atoms. The first-order valence-corrected chi connectivity index (χ1v) is 8.62. The Hall–Kier alpha value is -1.79. The summed E-state index contributed by atoms with van der Waals surface area (Å²) >= 11 is 3.35. The predicted molar refractivity (Wildman–Crippen MR) is 91.3 cm³/mol. The van der Waals surface area contributed by atoms with Crippen molar-refractivity contribution in [2.45, 2.75) is 17.7 Å². The molecular weight excluding hydrogens is 316 g/mol. The van der Waals surface area contributed by atoms with E-state index >= 15 is 0 Å². The van der Waals surface area contributed by atoms with Crippen molar-refractivity contribution < 1.29 is 9.47 Å². The quantitative estimate of drug-likeness (QED) is 0.514.